The summed E-state index contributed by atoms with van der Waals surface area (Å²) < 4.78 is 0. The molecule has 2 bridgehead atoms. The van der Waals surface area contributed by atoms with Gasteiger partial charge >= 0.3 is 0 Å². The number of rotatable bonds is 0. The van der Waals surface area contributed by atoms with Crippen molar-refractivity contribution in [2.45, 2.75) is 45.3 Å². The second-order valence-corrected chi connectivity index (χ2v) is 5.28. The van der Waals surface area contributed by atoms with Crippen LogP contribution in [-0.2, 0) is 19.5 Å². The maximum absolute atomic E-state index is 10.0. The minimum atomic E-state index is -0.849. The van der Waals surface area contributed by atoms with Gasteiger partial charge in [0.25, 0.3) is 0 Å². The summed E-state index contributed by atoms with van der Waals surface area (Å²) >= 11 is 0. The van der Waals surface area contributed by atoms with Crippen LogP contribution < -0.4 is 0 Å². The van der Waals surface area contributed by atoms with Gasteiger partial charge in [-0.1, -0.05) is 13.8 Å². The summed E-state index contributed by atoms with van der Waals surface area (Å²) in [6.45, 7) is 8.93. The fourth-order valence-corrected chi connectivity index (χ4v) is 3.15. The van der Waals surface area contributed by atoms with E-state index in [1.54, 1.807) is 6.92 Å². The zero-order valence-electron chi connectivity index (χ0n) is 10.0. The van der Waals surface area contributed by atoms with Gasteiger partial charge in [-0.25, -0.2) is 0 Å². The van der Waals surface area contributed by atoms with Crippen molar-refractivity contribution < 1.29 is 29.7 Å². The molecule has 0 amide bonds. The standard InChI is InChI=1S/C10H18O2.CH2B.Zn/c1-9(2)6-4-7(9)10(3,12)8(11)5-6;1-2;/h6-8,11-12H,4-5H2,1-3H3;1H2;/q;-1;/t6?,7?,8-,10+;;/m1../s1. The minimum Gasteiger partial charge on any atom is -0.390 e. The van der Waals surface area contributed by atoms with Crippen LogP contribution in [0.4, 0.5) is 0 Å². The largest absolute Gasteiger partial charge is 0.390 e. The normalized spacial score (nSPS) is 45.3. The van der Waals surface area contributed by atoms with E-state index in [0.717, 1.165) is 12.8 Å². The van der Waals surface area contributed by atoms with E-state index in [2.05, 4.69) is 28.5 Å². The van der Waals surface area contributed by atoms with Gasteiger partial charge in [0.1, 0.15) is 0 Å². The second kappa shape index (κ2) is 4.85. The number of hydrogen-bond donors (Lipinski definition) is 2. The van der Waals surface area contributed by atoms with Crippen molar-refractivity contribution in [3.05, 3.63) is 6.82 Å². The van der Waals surface area contributed by atoms with Gasteiger partial charge in [0.2, 0.25) is 0 Å². The van der Waals surface area contributed by atoms with Gasteiger partial charge in [0.05, 0.1) is 11.7 Å². The van der Waals surface area contributed by atoms with Gasteiger partial charge in [-0.05, 0) is 37.0 Å². The van der Waals surface area contributed by atoms with Crippen molar-refractivity contribution in [3.63, 3.8) is 0 Å². The van der Waals surface area contributed by atoms with E-state index in [9.17, 15) is 10.2 Å². The first kappa shape index (κ1) is 15.6. The molecule has 0 aromatic heterocycles. The third kappa shape index (κ3) is 2.18. The Labute approximate surface area is 107 Å². The molecule has 0 saturated heterocycles. The Morgan fingerprint density at radius 3 is 1.93 bits per heavy atom. The predicted molar refractivity (Wildman–Crippen MR) is 57.7 cm³/mol. The van der Waals surface area contributed by atoms with Gasteiger partial charge in [0, 0.05) is 19.5 Å². The third-order valence-electron chi connectivity index (χ3n) is 4.36. The molecular weight excluding hydrogens is 240 g/mol. The molecule has 0 heterocycles. The first-order valence-corrected chi connectivity index (χ1v) is 5.18. The van der Waals surface area contributed by atoms with Crippen LogP contribution in [0, 0.1) is 24.1 Å². The zero-order chi connectivity index (χ0) is 11.1. The van der Waals surface area contributed by atoms with Crippen LogP contribution in [0.5, 0.6) is 0 Å². The molecule has 0 spiro atoms. The van der Waals surface area contributed by atoms with Crippen molar-refractivity contribution in [2.24, 2.45) is 17.3 Å². The molecular formula is C11H20BO2Zn-. The van der Waals surface area contributed by atoms with Gasteiger partial charge < -0.3 is 17.0 Å². The minimum absolute atomic E-state index is 0. The van der Waals surface area contributed by atoms with Gasteiger partial charge in [-0.15, -0.1) is 0 Å². The van der Waals surface area contributed by atoms with Gasteiger partial charge in [0.15, 0.2) is 0 Å². The van der Waals surface area contributed by atoms with E-state index in [0.29, 0.717) is 11.8 Å². The summed E-state index contributed by atoms with van der Waals surface area (Å²) in [6, 6.07) is 0. The molecule has 4 heteroatoms. The molecule has 0 aromatic carbocycles. The molecule has 2 nitrogen and oxygen atoms in total. The quantitative estimate of drug-likeness (QED) is 0.506. The van der Waals surface area contributed by atoms with Crippen molar-refractivity contribution >= 4 is 7.85 Å². The van der Waals surface area contributed by atoms with E-state index in [4.69, 9.17) is 0 Å². The molecule has 2 N–H and O–H groups in total. The second-order valence-electron chi connectivity index (χ2n) is 5.28. The van der Waals surface area contributed by atoms with E-state index in [1.807, 2.05) is 0 Å². The summed E-state index contributed by atoms with van der Waals surface area (Å²) in [5, 5.41) is 19.7. The molecule has 3 fully saturated rings. The van der Waals surface area contributed by atoms with Crippen molar-refractivity contribution in [1.82, 2.24) is 0 Å². The van der Waals surface area contributed by atoms with Crippen molar-refractivity contribution in [3.8, 4) is 0 Å². The average Bonchev–Trinajstić information content (AvgIpc) is 2.12. The molecule has 3 rings (SSSR count). The monoisotopic (exact) mass is 259 g/mol. The van der Waals surface area contributed by atoms with Gasteiger partial charge in [-0.3, -0.25) is 0 Å². The molecule has 0 aliphatic heterocycles. The Morgan fingerprint density at radius 1 is 1.20 bits per heavy atom. The smallest absolute Gasteiger partial charge is 0.0910 e. The number of hydrogen-bond acceptors (Lipinski definition) is 2. The first-order chi connectivity index (χ1) is 6.37. The molecule has 3 aliphatic rings. The van der Waals surface area contributed by atoms with Crippen LogP contribution in [0.25, 0.3) is 0 Å². The Hall–Kier alpha value is 0.608. The number of fused-ring (bicyclic) bond motifs is 2. The van der Waals surface area contributed by atoms with Crippen LogP contribution in [0.1, 0.15) is 33.6 Å². The molecule has 82 valence electrons. The SMILES string of the molecule is CC1(C)C2CC1[C@](C)(O)[C@H](O)C2.[B][CH2-].[Zn]. The van der Waals surface area contributed by atoms with Crippen LogP contribution in [0.2, 0.25) is 0 Å². The average molecular weight is 260 g/mol. The maximum Gasteiger partial charge on any atom is 0.0910 e. The molecule has 0 aromatic rings. The Balaban J connectivity index is 0.000000617. The Morgan fingerprint density at radius 2 is 1.67 bits per heavy atom. The van der Waals surface area contributed by atoms with Crippen LogP contribution in [-0.4, -0.2) is 29.8 Å². The molecule has 15 heavy (non-hydrogen) atoms. The summed E-state index contributed by atoms with van der Waals surface area (Å²) in [6.07, 6.45) is 1.36. The van der Waals surface area contributed by atoms with E-state index in [1.165, 1.54) is 0 Å². The van der Waals surface area contributed by atoms with Crippen LogP contribution in [0.15, 0.2) is 0 Å². The van der Waals surface area contributed by atoms with Crippen LogP contribution in [0.3, 0.4) is 0 Å². The fourth-order valence-electron chi connectivity index (χ4n) is 3.15. The Kier molecular flexibility index (Phi) is 5.05. The maximum atomic E-state index is 10.0. The summed E-state index contributed by atoms with van der Waals surface area (Å²) in [7, 11) is 4.25. The zero-order valence-corrected chi connectivity index (χ0v) is 13.0. The molecule has 3 aliphatic carbocycles. The Bertz CT molecular complexity index is 219. The van der Waals surface area contributed by atoms with E-state index in [-0.39, 0.29) is 24.9 Å². The van der Waals surface area contributed by atoms with Crippen molar-refractivity contribution in [1.29, 1.82) is 0 Å². The summed E-state index contributed by atoms with van der Waals surface area (Å²) in [5.74, 6) is 0.913. The molecule has 2 radical (unpaired) electrons. The molecule has 3 saturated carbocycles. The number of aliphatic hydroxyl groups is 2. The van der Waals surface area contributed by atoms with Crippen LogP contribution >= 0.6 is 0 Å². The summed E-state index contributed by atoms with van der Waals surface area (Å²) in [4.78, 5) is 0. The van der Waals surface area contributed by atoms with Crippen molar-refractivity contribution in [2.75, 3.05) is 0 Å². The third-order valence-corrected chi connectivity index (χ3v) is 4.36. The topological polar surface area (TPSA) is 40.5 Å². The van der Waals surface area contributed by atoms with Gasteiger partial charge in [-0.2, -0.15) is 7.85 Å². The van der Waals surface area contributed by atoms with E-state index < -0.39 is 11.7 Å². The molecule has 4 atom stereocenters. The predicted octanol–water partition coefficient (Wildman–Crippen LogP) is 1.11. The first-order valence-electron chi connectivity index (χ1n) is 5.18. The molecule has 2 unspecified atom stereocenters. The summed E-state index contributed by atoms with van der Waals surface area (Å²) in [5.41, 5.74) is -0.610. The fraction of sp³-hybridized carbons (Fsp3) is 0.909. The van der Waals surface area contributed by atoms with E-state index >= 15 is 0 Å². The number of aliphatic hydroxyl groups excluding tert-OH is 1.